The highest BCUT2D eigenvalue weighted by molar-refractivity contribution is 7.10. The third-order valence-electron chi connectivity index (χ3n) is 1.42. The fourth-order valence-corrected chi connectivity index (χ4v) is 1.31. The van der Waals surface area contributed by atoms with Gasteiger partial charge in [0.25, 0.3) is 5.82 Å². The van der Waals surface area contributed by atoms with Crippen LogP contribution in [0.25, 0.3) is 0 Å². The van der Waals surface area contributed by atoms with E-state index in [2.05, 4.69) is 31.3 Å². The third kappa shape index (κ3) is 3.31. The number of aromatic nitrogens is 2. The minimum absolute atomic E-state index is 0.0773. The van der Waals surface area contributed by atoms with E-state index in [-0.39, 0.29) is 11.0 Å². The molecule has 16 heavy (non-hydrogen) atoms. The molecule has 0 unspecified atom stereocenters. The van der Waals surface area contributed by atoms with Gasteiger partial charge in [0, 0.05) is 18.1 Å². The summed E-state index contributed by atoms with van der Waals surface area (Å²) >= 11 is 0.895. The summed E-state index contributed by atoms with van der Waals surface area (Å²) in [6.07, 6.45) is 1.54. The Balaban J connectivity index is 2.55. The van der Waals surface area contributed by atoms with Crippen molar-refractivity contribution in [1.29, 1.82) is 0 Å². The molecule has 86 valence electrons. The van der Waals surface area contributed by atoms with Gasteiger partial charge in [-0.2, -0.15) is 9.36 Å². The molecule has 1 rings (SSSR count). The first-order chi connectivity index (χ1) is 7.67. The number of carbonyl (C=O) groups is 2. The molecule has 0 aromatic carbocycles. The van der Waals surface area contributed by atoms with Crippen LogP contribution in [0.5, 0.6) is 0 Å². The van der Waals surface area contributed by atoms with Crippen LogP contribution in [0, 0.1) is 0 Å². The summed E-state index contributed by atoms with van der Waals surface area (Å²) in [4.78, 5) is 25.9. The molecule has 0 fully saturated rings. The Bertz CT molecular complexity index is 404. The minimum atomic E-state index is -0.643. The molecule has 2 N–H and O–H groups in total. The normalized spacial score (nSPS) is 9.31. The second-order valence-corrected chi connectivity index (χ2v) is 3.29. The number of anilines is 1. The molecule has 1 aromatic rings. The van der Waals surface area contributed by atoms with Gasteiger partial charge in [0.1, 0.15) is 0 Å². The van der Waals surface area contributed by atoms with Gasteiger partial charge in [-0.1, -0.05) is 6.08 Å². The van der Waals surface area contributed by atoms with Crippen molar-refractivity contribution < 1.29 is 14.3 Å². The molecule has 8 heteroatoms. The van der Waals surface area contributed by atoms with Crippen molar-refractivity contribution in [3.63, 3.8) is 0 Å². The third-order valence-corrected chi connectivity index (χ3v) is 2.05. The second kappa shape index (κ2) is 5.81. The van der Waals surface area contributed by atoms with Gasteiger partial charge >= 0.3 is 12.0 Å². The average Bonchev–Trinajstić information content (AvgIpc) is 2.73. The number of amides is 2. The summed E-state index contributed by atoms with van der Waals surface area (Å²) in [6.45, 7) is 3.79. The number of esters is 1. The van der Waals surface area contributed by atoms with E-state index in [0.29, 0.717) is 6.54 Å². The second-order valence-electron chi connectivity index (χ2n) is 2.54. The van der Waals surface area contributed by atoms with Crippen LogP contribution in [-0.2, 0) is 4.74 Å². The zero-order valence-electron chi connectivity index (χ0n) is 8.52. The number of carbonyl (C=O) groups excluding carboxylic acids is 2. The van der Waals surface area contributed by atoms with Crippen molar-refractivity contribution in [3.05, 3.63) is 18.5 Å². The smallest absolute Gasteiger partial charge is 0.377 e. The number of hydrogen-bond donors (Lipinski definition) is 2. The number of rotatable bonds is 4. The van der Waals surface area contributed by atoms with Crippen LogP contribution < -0.4 is 10.6 Å². The lowest BCUT2D eigenvalue weighted by atomic mass is 10.6. The highest BCUT2D eigenvalue weighted by Crippen LogP contribution is 2.10. The Kier molecular flexibility index (Phi) is 4.40. The van der Waals surface area contributed by atoms with Gasteiger partial charge in [0.2, 0.25) is 5.13 Å². The molecule has 7 nitrogen and oxygen atoms in total. The Morgan fingerprint density at radius 2 is 2.38 bits per heavy atom. The van der Waals surface area contributed by atoms with E-state index in [1.807, 2.05) is 0 Å². The molecule has 0 radical (unpaired) electrons. The van der Waals surface area contributed by atoms with Gasteiger partial charge in [0.05, 0.1) is 7.11 Å². The van der Waals surface area contributed by atoms with E-state index in [1.54, 1.807) is 6.08 Å². The summed E-state index contributed by atoms with van der Waals surface area (Å²) < 4.78 is 8.13. The Labute approximate surface area is 95.7 Å². The number of ether oxygens (including phenoxy) is 1. The fraction of sp³-hybridized carbons (Fsp3) is 0.250. The molecule has 1 aromatic heterocycles. The molecule has 0 saturated heterocycles. The van der Waals surface area contributed by atoms with Crippen LogP contribution >= 0.6 is 11.5 Å². The summed E-state index contributed by atoms with van der Waals surface area (Å²) in [5.74, 6) is -0.720. The van der Waals surface area contributed by atoms with Crippen LogP contribution in [0.4, 0.5) is 9.93 Å². The molecular formula is C8H10N4O3S. The van der Waals surface area contributed by atoms with Gasteiger partial charge in [0.15, 0.2) is 0 Å². The Hall–Kier alpha value is -1.96. The maximum Gasteiger partial charge on any atom is 0.377 e. The SMILES string of the molecule is C=CCNC(=O)Nc1nc(C(=O)OC)ns1. The zero-order valence-corrected chi connectivity index (χ0v) is 9.34. The van der Waals surface area contributed by atoms with Crippen molar-refractivity contribution >= 4 is 28.7 Å². The summed E-state index contributed by atoms with van der Waals surface area (Å²) in [6, 6.07) is -0.438. The van der Waals surface area contributed by atoms with Crippen LogP contribution in [-0.4, -0.2) is 35.0 Å². The van der Waals surface area contributed by atoms with Crippen LogP contribution in [0.1, 0.15) is 10.6 Å². The predicted octanol–water partition coefficient (Wildman–Crippen LogP) is 0.632. The molecular weight excluding hydrogens is 232 g/mol. The van der Waals surface area contributed by atoms with Gasteiger partial charge in [-0.25, -0.2) is 9.59 Å². The predicted molar refractivity (Wildman–Crippen MR) is 58.5 cm³/mol. The number of methoxy groups -OCH3 is 1. The molecule has 1 heterocycles. The fourth-order valence-electron chi connectivity index (χ4n) is 0.755. The number of nitrogens with one attached hydrogen (secondary N) is 2. The molecule has 0 spiro atoms. The topological polar surface area (TPSA) is 93.2 Å². The summed E-state index contributed by atoms with van der Waals surface area (Å²) in [5.41, 5.74) is 0. The maximum absolute atomic E-state index is 11.2. The molecule has 2 amide bonds. The lowest BCUT2D eigenvalue weighted by molar-refractivity contribution is 0.0588. The highest BCUT2D eigenvalue weighted by atomic mass is 32.1. The standard InChI is InChI=1S/C8H10N4O3S/c1-3-4-9-7(14)11-8-10-5(12-16-8)6(13)15-2/h3H,1,4H2,2H3,(H2,9,10,11,12,14). The Morgan fingerprint density at radius 1 is 1.62 bits per heavy atom. The summed E-state index contributed by atoms with van der Waals surface area (Å²) in [5, 5.41) is 5.13. The van der Waals surface area contributed by atoms with Gasteiger partial charge in [-0.05, 0) is 0 Å². The van der Waals surface area contributed by atoms with Crippen molar-refractivity contribution in [2.45, 2.75) is 0 Å². The van der Waals surface area contributed by atoms with E-state index in [4.69, 9.17) is 0 Å². The van der Waals surface area contributed by atoms with Crippen LogP contribution in [0.2, 0.25) is 0 Å². The zero-order chi connectivity index (χ0) is 12.0. The Morgan fingerprint density at radius 3 is 3.00 bits per heavy atom. The largest absolute Gasteiger partial charge is 0.463 e. The lowest BCUT2D eigenvalue weighted by Crippen LogP contribution is -2.28. The van der Waals surface area contributed by atoms with Crippen molar-refractivity contribution in [2.24, 2.45) is 0 Å². The van der Waals surface area contributed by atoms with E-state index in [9.17, 15) is 9.59 Å². The van der Waals surface area contributed by atoms with Crippen molar-refractivity contribution in [2.75, 3.05) is 19.0 Å². The highest BCUT2D eigenvalue weighted by Gasteiger charge is 2.13. The van der Waals surface area contributed by atoms with E-state index >= 15 is 0 Å². The molecule has 0 atom stereocenters. The first kappa shape index (κ1) is 12.1. The summed E-state index contributed by atoms with van der Waals surface area (Å²) in [7, 11) is 1.23. The van der Waals surface area contributed by atoms with Crippen molar-refractivity contribution in [1.82, 2.24) is 14.7 Å². The van der Waals surface area contributed by atoms with Crippen LogP contribution in [0.3, 0.4) is 0 Å². The number of nitrogens with zero attached hydrogens (tertiary/aromatic N) is 2. The average molecular weight is 242 g/mol. The van der Waals surface area contributed by atoms with E-state index < -0.39 is 12.0 Å². The molecule has 0 aliphatic heterocycles. The first-order valence-corrected chi connectivity index (χ1v) is 5.02. The van der Waals surface area contributed by atoms with Gasteiger partial charge in [-0.3, -0.25) is 5.32 Å². The molecule has 0 bridgehead atoms. The molecule has 0 aliphatic rings. The van der Waals surface area contributed by atoms with Gasteiger partial charge in [-0.15, -0.1) is 6.58 Å². The molecule has 0 aliphatic carbocycles. The lowest BCUT2D eigenvalue weighted by Gasteiger charge is -2.00. The van der Waals surface area contributed by atoms with Crippen LogP contribution in [0.15, 0.2) is 12.7 Å². The minimum Gasteiger partial charge on any atom is -0.463 e. The van der Waals surface area contributed by atoms with Crippen molar-refractivity contribution in [3.8, 4) is 0 Å². The maximum atomic E-state index is 11.2. The van der Waals surface area contributed by atoms with E-state index in [0.717, 1.165) is 11.5 Å². The quantitative estimate of drug-likeness (QED) is 0.596. The number of urea groups is 1. The monoisotopic (exact) mass is 242 g/mol. The molecule has 0 saturated carbocycles. The first-order valence-electron chi connectivity index (χ1n) is 4.25. The number of hydrogen-bond acceptors (Lipinski definition) is 6. The van der Waals surface area contributed by atoms with Gasteiger partial charge < -0.3 is 10.1 Å². The van der Waals surface area contributed by atoms with E-state index in [1.165, 1.54) is 7.11 Å².